The SMILES string of the molecule is CCN(Cc1cn(Cc2cccc3ccccc23)c2ccc(F)cc12)C(=O)OC. The second kappa shape index (κ2) is 7.95. The van der Waals surface area contributed by atoms with Gasteiger partial charge in [-0.2, -0.15) is 0 Å². The monoisotopic (exact) mass is 390 g/mol. The molecule has 1 heterocycles. The highest BCUT2D eigenvalue weighted by Crippen LogP contribution is 2.27. The molecule has 0 aliphatic rings. The van der Waals surface area contributed by atoms with Crippen LogP contribution in [-0.2, 0) is 17.8 Å². The van der Waals surface area contributed by atoms with Crippen molar-refractivity contribution in [1.82, 2.24) is 9.47 Å². The Kier molecular flexibility index (Phi) is 5.21. The summed E-state index contributed by atoms with van der Waals surface area (Å²) in [5.41, 5.74) is 3.03. The summed E-state index contributed by atoms with van der Waals surface area (Å²) in [5.74, 6) is -0.289. The standard InChI is InChI=1S/C24H23FN2O2/c1-3-26(24(28)29-2)15-19-16-27(23-12-11-20(25)13-22(19)23)14-18-9-6-8-17-7-4-5-10-21(17)18/h4-13,16H,3,14-15H2,1-2H3. The van der Waals surface area contributed by atoms with E-state index in [1.54, 1.807) is 11.0 Å². The quantitative estimate of drug-likeness (QED) is 0.446. The van der Waals surface area contributed by atoms with E-state index in [0.717, 1.165) is 16.5 Å². The minimum absolute atomic E-state index is 0.289. The van der Waals surface area contributed by atoms with Crippen molar-refractivity contribution in [3.63, 3.8) is 0 Å². The average molecular weight is 390 g/mol. The lowest BCUT2D eigenvalue weighted by molar-refractivity contribution is 0.123. The first-order valence-electron chi connectivity index (χ1n) is 9.67. The van der Waals surface area contributed by atoms with Crippen molar-refractivity contribution >= 4 is 27.8 Å². The van der Waals surface area contributed by atoms with Crippen molar-refractivity contribution in [2.75, 3.05) is 13.7 Å². The maximum Gasteiger partial charge on any atom is 0.409 e. The molecule has 0 saturated heterocycles. The van der Waals surface area contributed by atoms with Crippen LogP contribution in [0.3, 0.4) is 0 Å². The second-order valence-corrected chi connectivity index (χ2v) is 7.07. The number of nitrogens with zero attached hydrogens (tertiary/aromatic N) is 2. The molecule has 4 rings (SSSR count). The number of benzene rings is 3. The zero-order valence-electron chi connectivity index (χ0n) is 16.6. The number of hydrogen-bond acceptors (Lipinski definition) is 2. The molecule has 3 aromatic carbocycles. The Hall–Kier alpha value is -3.34. The molecule has 0 atom stereocenters. The number of ether oxygens (including phenoxy) is 1. The van der Waals surface area contributed by atoms with E-state index in [0.29, 0.717) is 19.6 Å². The van der Waals surface area contributed by atoms with Gasteiger partial charge in [-0.15, -0.1) is 0 Å². The van der Waals surface area contributed by atoms with Gasteiger partial charge in [-0.05, 0) is 47.0 Å². The Balaban J connectivity index is 1.78. The maximum absolute atomic E-state index is 14.0. The summed E-state index contributed by atoms with van der Waals surface area (Å²) in [6, 6.07) is 19.4. The highest BCUT2D eigenvalue weighted by molar-refractivity contribution is 5.87. The lowest BCUT2D eigenvalue weighted by Crippen LogP contribution is -2.29. The number of halogens is 1. The molecule has 29 heavy (non-hydrogen) atoms. The molecular formula is C24H23FN2O2. The van der Waals surface area contributed by atoms with Gasteiger partial charge < -0.3 is 14.2 Å². The molecule has 1 amide bonds. The summed E-state index contributed by atoms with van der Waals surface area (Å²) < 4.78 is 21.0. The van der Waals surface area contributed by atoms with Gasteiger partial charge in [0, 0.05) is 30.2 Å². The Labute approximate surface area is 169 Å². The van der Waals surface area contributed by atoms with E-state index in [2.05, 4.69) is 34.9 Å². The zero-order valence-corrected chi connectivity index (χ0v) is 16.6. The van der Waals surface area contributed by atoms with Gasteiger partial charge in [0.1, 0.15) is 5.82 Å². The van der Waals surface area contributed by atoms with Crippen molar-refractivity contribution in [1.29, 1.82) is 0 Å². The molecule has 0 radical (unpaired) electrons. The highest BCUT2D eigenvalue weighted by Gasteiger charge is 2.17. The third-order valence-corrected chi connectivity index (χ3v) is 5.32. The number of rotatable bonds is 5. The van der Waals surface area contributed by atoms with Gasteiger partial charge in [0.15, 0.2) is 0 Å². The number of carbonyl (C=O) groups excluding carboxylic acids is 1. The number of carbonyl (C=O) groups is 1. The van der Waals surface area contributed by atoms with Crippen LogP contribution in [-0.4, -0.2) is 29.2 Å². The lowest BCUT2D eigenvalue weighted by atomic mass is 10.0. The minimum Gasteiger partial charge on any atom is -0.453 e. The first-order chi connectivity index (χ1) is 14.1. The van der Waals surface area contributed by atoms with Crippen LogP contribution in [0.25, 0.3) is 21.7 Å². The molecule has 0 unspecified atom stereocenters. The molecule has 0 fully saturated rings. The largest absolute Gasteiger partial charge is 0.453 e. The summed E-state index contributed by atoms with van der Waals surface area (Å²) >= 11 is 0. The highest BCUT2D eigenvalue weighted by atomic mass is 19.1. The van der Waals surface area contributed by atoms with Crippen LogP contribution in [0.15, 0.2) is 66.9 Å². The predicted molar refractivity (Wildman–Crippen MR) is 113 cm³/mol. The molecule has 4 nitrogen and oxygen atoms in total. The van der Waals surface area contributed by atoms with Gasteiger partial charge in [0.05, 0.1) is 13.7 Å². The van der Waals surface area contributed by atoms with Crippen LogP contribution < -0.4 is 0 Å². The van der Waals surface area contributed by atoms with E-state index in [1.807, 2.05) is 25.3 Å². The number of amides is 1. The van der Waals surface area contributed by atoms with E-state index in [9.17, 15) is 9.18 Å². The molecule has 0 N–H and O–H groups in total. The van der Waals surface area contributed by atoms with E-state index in [1.165, 1.54) is 35.6 Å². The molecule has 0 bridgehead atoms. The van der Waals surface area contributed by atoms with Crippen LogP contribution >= 0.6 is 0 Å². The molecular weight excluding hydrogens is 367 g/mol. The van der Waals surface area contributed by atoms with Gasteiger partial charge in [-0.25, -0.2) is 9.18 Å². The summed E-state index contributed by atoms with van der Waals surface area (Å²) in [6.45, 7) is 3.43. The number of hydrogen-bond donors (Lipinski definition) is 0. The summed E-state index contributed by atoms with van der Waals surface area (Å²) in [4.78, 5) is 13.6. The van der Waals surface area contributed by atoms with Crippen molar-refractivity contribution in [3.8, 4) is 0 Å². The number of fused-ring (bicyclic) bond motifs is 2. The van der Waals surface area contributed by atoms with Crippen LogP contribution in [0.1, 0.15) is 18.1 Å². The molecule has 148 valence electrons. The van der Waals surface area contributed by atoms with Crippen LogP contribution in [0.4, 0.5) is 9.18 Å². The van der Waals surface area contributed by atoms with E-state index in [-0.39, 0.29) is 11.9 Å². The molecule has 0 saturated carbocycles. The Bertz CT molecular complexity index is 1180. The first kappa shape index (κ1) is 19.0. The summed E-state index contributed by atoms with van der Waals surface area (Å²) in [6.07, 6.45) is 1.62. The fourth-order valence-electron chi connectivity index (χ4n) is 3.85. The maximum atomic E-state index is 14.0. The lowest BCUT2D eigenvalue weighted by Gasteiger charge is -2.18. The minimum atomic E-state index is -0.390. The Morgan fingerprint density at radius 1 is 1.03 bits per heavy atom. The summed E-state index contributed by atoms with van der Waals surface area (Å²) in [7, 11) is 1.37. The Morgan fingerprint density at radius 3 is 2.62 bits per heavy atom. The molecule has 0 aliphatic heterocycles. The molecule has 0 spiro atoms. The second-order valence-electron chi connectivity index (χ2n) is 7.07. The van der Waals surface area contributed by atoms with Gasteiger partial charge in [-0.1, -0.05) is 42.5 Å². The van der Waals surface area contributed by atoms with Gasteiger partial charge in [-0.3, -0.25) is 0 Å². The third-order valence-electron chi connectivity index (χ3n) is 5.32. The van der Waals surface area contributed by atoms with Crippen LogP contribution in [0.2, 0.25) is 0 Å². The zero-order chi connectivity index (χ0) is 20.4. The van der Waals surface area contributed by atoms with Crippen molar-refractivity contribution < 1.29 is 13.9 Å². The van der Waals surface area contributed by atoms with Crippen molar-refractivity contribution in [3.05, 3.63) is 83.8 Å². The van der Waals surface area contributed by atoms with Crippen LogP contribution in [0.5, 0.6) is 0 Å². The number of methoxy groups -OCH3 is 1. The van der Waals surface area contributed by atoms with Crippen LogP contribution in [0, 0.1) is 5.82 Å². The van der Waals surface area contributed by atoms with Gasteiger partial charge in [0.25, 0.3) is 0 Å². The first-order valence-corrected chi connectivity index (χ1v) is 9.67. The van der Waals surface area contributed by atoms with Crippen molar-refractivity contribution in [2.24, 2.45) is 0 Å². The Morgan fingerprint density at radius 2 is 1.83 bits per heavy atom. The van der Waals surface area contributed by atoms with Gasteiger partial charge in [0.2, 0.25) is 0 Å². The fraction of sp³-hybridized carbons (Fsp3) is 0.208. The van der Waals surface area contributed by atoms with Gasteiger partial charge >= 0.3 is 6.09 Å². The molecule has 1 aromatic heterocycles. The normalized spacial score (nSPS) is 11.1. The molecule has 4 aromatic rings. The smallest absolute Gasteiger partial charge is 0.409 e. The fourth-order valence-corrected chi connectivity index (χ4v) is 3.85. The van der Waals surface area contributed by atoms with E-state index in [4.69, 9.17) is 4.74 Å². The summed E-state index contributed by atoms with van der Waals surface area (Å²) in [5, 5.41) is 3.20. The predicted octanol–water partition coefficient (Wildman–Crippen LogP) is 5.57. The number of aromatic nitrogens is 1. The molecule has 5 heteroatoms. The average Bonchev–Trinajstić information content (AvgIpc) is 3.08. The molecule has 0 aliphatic carbocycles. The van der Waals surface area contributed by atoms with E-state index >= 15 is 0 Å². The van der Waals surface area contributed by atoms with E-state index < -0.39 is 0 Å². The van der Waals surface area contributed by atoms with Crippen molar-refractivity contribution in [2.45, 2.75) is 20.0 Å². The topological polar surface area (TPSA) is 34.5 Å². The third kappa shape index (κ3) is 3.68.